The number of benzene rings is 2. The Hall–Kier alpha value is -2.89. The van der Waals surface area contributed by atoms with Crippen molar-refractivity contribution in [1.82, 2.24) is 10.2 Å². The highest BCUT2D eigenvalue weighted by Crippen LogP contribution is 2.38. The minimum atomic E-state index is -4.67. The van der Waals surface area contributed by atoms with Crippen molar-refractivity contribution in [2.45, 2.75) is 56.0 Å². The van der Waals surface area contributed by atoms with Crippen molar-refractivity contribution in [3.63, 3.8) is 0 Å². The number of nitrogens with zero attached hydrogens (tertiary/aromatic N) is 1. The number of halogens is 6. The van der Waals surface area contributed by atoms with Gasteiger partial charge in [-0.1, -0.05) is 17.7 Å². The van der Waals surface area contributed by atoms with E-state index in [0.29, 0.717) is 42.6 Å². The second-order valence-electron chi connectivity index (χ2n) is 9.97. The van der Waals surface area contributed by atoms with E-state index in [0.717, 1.165) is 31.7 Å². The van der Waals surface area contributed by atoms with Gasteiger partial charge >= 0.3 is 12.1 Å². The molecule has 0 radical (unpaired) electrons. The molecule has 2 aromatic carbocycles. The molecule has 2 fully saturated rings. The van der Waals surface area contributed by atoms with E-state index in [1.54, 1.807) is 12.1 Å². The Kier molecular flexibility index (Phi) is 7.51. The molecule has 6 nitrogen and oxygen atoms in total. The Morgan fingerprint density at radius 2 is 1.82 bits per heavy atom. The molecule has 39 heavy (non-hydrogen) atoms. The molecule has 2 unspecified atom stereocenters. The van der Waals surface area contributed by atoms with Gasteiger partial charge in [0.2, 0.25) is 0 Å². The summed E-state index contributed by atoms with van der Waals surface area (Å²) in [6, 6.07) is 6.51. The molecule has 5 rings (SSSR count). The van der Waals surface area contributed by atoms with Crippen LogP contribution in [0.15, 0.2) is 46.9 Å². The van der Waals surface area contributed by atoms with E-state index in [9.17, 15) is 23.1 Å². The number of hydrogen-bond donors (Lipinski definition) is 2. The predicted molar refractivity (Wildman–Crippen MR) is 133 cm³/mol. The zero-order valence-electron chi connectivity index (χ0n) is 20.6. The first kappa shape index (κ1) is 27.7. The lowest BCUT2D eigenvalue weighted by Crippen LogP contribution is -2.50. The lowest BCUT2D eigenvalue weighted by atomic mass is 10.0. The number of carbonyl (C=O) groups is 1. The molecule has 1 saturated carbocycles. The number of alkyl halides is 5. The number of aliphatic hydroxyl groups is 1. The number of amides is 1. The van der Waals surface area contributed by atoms with E-state index in [1.165, 1.54) is 6.07 Å². The Labute approximate surface area is 225 Å². The van der Waals surface area contributed by atoms with Crippen LogP contribution >= 0.6 is 11.6 Å². The van der Waals surface area contributed by atoms with Gasteiger partial charge in [-0.05, 0) is 80.7 Å². The molecule has 1 amide bonds. The van der Waals surface area contributed by atoms with Crippen molar-refractivity contribution < 1.29 is 41.0 Å². The summed E-state index contributed by atoms with van der Waals surface area (Å²) in [7, 11) is 0. The Balaban J connectivity index is 1.37. The van der Waals surface area contributed by atoms with Crippen molar-refractivity contribution in [2.24, 2.45) is 0 Å². The lowest BCUT2D eigenvalue weighted by molar-refractivity contribution is -0.151. The summed E-state index contributed by atoms with van der Waals surface area (Å²) in [5.74, 6) is -6.63. The molecule has 2 aliphatic rings. The van der Waals surface area contributed by atoms with Gasteiger partial charge in [-0.25, -0.2) is 0 Å². The first-order valence-electron chi connectivity index (χ1n) is 12.6. The van der Waals surface area contributed by atoms with Crippen molar-refractivity contribution in [2.75, 3.05) is 19.6 Å². The molecule has 3 aromatic rings. The first-order valence-corrected chi connectivity index (χ1v) is 13.0. The van der Waals surface area contributed by atoms with E-state index in [4.69, 9.17) is 20.8 Å². The van der Waals surface area contributed by atoms with Crippen LogP contribution in [0.4, 0.5) is 22.0 Å². The molecule has 0 spiro atoms. The molecule has 1 aromatic heterocycles. The predicted octanol–water partition coefficient (Wildman–Crippen LogP) is 6.05. The Morgan fingerprint density at radius 3 is 2.46 bits per heavy atom. The molecule has 2 heterocycles. The number of rotatable bonds is 9. The summed E-state index contributed by atoms with van der Waals surface area (Å²) >= 11 is 6.32. The van der Waals surface area contributed by atoms with Crippen LogP contribution in [0.2, 0.25) is 5.02 Å². The number of hydrogen-bond acceptors (Lipinski definition) is 5. The van der Waals surface area contributed by atoms with Crippen LogP contribution in [0.5, 0.6) is 5.75 Å². The number of likely N-dealkylation sites (tertiary alicyclic amines) is 1. The average molecular weight is 573 g/mol. The van der Waals surface area contributed by atoms with Crippen LogP contribution in [0.25, 0.3) is 11.0 Å². The van der Waals surface area contributed by atoms with Crippen LogP contribution in [0, 0.1) is 0 Å². The van der Waals surface area contributed by atoms with Gasteiger partial charge < -0.3 is 24.5 Å². The van der Waals surface area contributed by atoms with Gasteiger partial charge in [0.05, 0.1) is 22.7 Å². The fourth-order valence-electron chi connectivity index (χ4n) is 4.61. The fourth-order valence-corrected chi connectivity index (χ4v) is 4.84. The van der Waals surface area contributed by atoms with Crippen molar-refractivity contribution in [1.29, 1.82) is 0 Å². The molecule has 1 saturated heterocycles. The number of aliphatic hydroxyl groups excluding tert-OH is 1. The van der Waals surface area contributed by atoms with E-state index in [1.807, 2.05) is 4.90 Å². The van der Waals surface area contributed by atoms with Crippen LogP contribution in [0.3, 0.4) is 0 Å². The Bertz CT molecular complexity index is 1350. The van der Waals surface area contributed by atoms with E-state index in [-0.39, 0.29) is 28.6 Å². The number of furan rings is 1. The van der Waals surface area contributed by atoms with E-state index >= 15 is 8.78 Å². The monoisotopic (exact) mass is 572 g/mol. The minimum absolute atomic E-state index is 0.0933. The van der Waals surface area contributed by atoms with Gasteiger partial charge in [0.1, 0.15) is 17.4 Å². The smallest absolute Gasteiger partial charge is 0.416 e. The average Bonchev–Trinajstić information content (AvgIpc) is 3.35. The first-order chi connectivity index (χ1) is 18.4. The largest absolute Gasteiger partial charge is 0.489 e. The summed E-state index contributed by atoms with van der Waals surface area (Å²) in [5.41, 5.74) is -0.947. The number of carbonyl (C=O) groups excluding carboxylic acids is 1. The highest BCUT2D eigenvalue weighted by molar-refractivity contribution is 6.32. The van der Waals surface area contributed by atoms with Crippen LogP contribution in [-0.4, -0.2) is 47.7 Å². The quantitative estimate of drug-likeness (QED) is 0.305. The molecule has 1 aliphatic carbocycles. The standard InChI is InChI=1S/C27H26ClF5N2O4/c28-19-12-15(3-7-22(19)38-18-5-6-18)24(36)20(14-35-9-1-2-10-35)34-25(37)26(29,30)23-13-16-11-17(27(31,32)33)4-8-21(16)39-23/h3-4,7-8,11-13,18,20,24,36H,1-2,5-6,9-10,14H2,(H,34,37). The summed E-state index contributed by atoms with van der Waals surface area (Å²) < 4.78 is 80.4. The summed E-state index contributed by atoms with van der Waals surface area (Å²) in [4.78, 5) is 14.8. The fraction of sp³-hybridized carbons (Fsp3) is 0.444. The summed E-state index contributed by atoms with van der Waals surface area (Å²) in [6.45, 7) is 1.45. The number of ether oxygens (including phenoxy) is 1. The highest BCUT2D eigenvalue weighted by Gasteiger charge is 2.46. The molecule has 0 bridgehead atoms. The second kappa shape index (κ2) is 10.6. The zero-order valence-corrected chi connectivity index (χ0v) is 21.4. The molecular weight excluding hydrogens is 547 g/mol. The van der Waals surface area contributed by atoms with Gasteiger partial charge in [0, 0.05) is 11.9 Å². The minimum Gasteiger partial charge on any atom is -0.489 e. The molecule has 2 atom stereocenters. The number of fused-ring (bicyclic) bond motifs is 1. The lowest BCUT2D eigenvalue weighted by Gasteiger charge is -2.30. The van der Waals surface area contributed by atoms with Crippen molar-refractivity contribution in [3.8, 4) is 5.75 Å². The van der Waals surface area contributed by atoms with Gasteiger partial charge in [-0.3, -0.25) is 4.79 Å². The Morgan fingerprint density at radius 1 is 1.10 bits per heavy atom. The SMILES string of the molecule is O=C(NC(CN1CCCC1)C(O)c1ccc(OC2CC2)c(Cl)c1)C(F)(F)c1cc2cc(C(F)(F)F)ccc2o1. The third-order valence-corrected chi connectivity index (χ3v) is 7.20. The van der Waals surface area contributed by atoms with Gasteiger partial charge in [-0.2, -0.15) is 22.0 Å². The maximum absolute atomic E-state index is 15.2. The number of nitrogens with one attached hydrogen (secondary N) is 1. The van der Waals surface area contributed by atoms with Crippen molar-refractivity contribution in [3.05, 3.63) is 64.4 Å². The van der Waals surface area contributed by atoms with Gasteiger partial charge in [0.25, 0.3) is 5.91 Å². The molecular formula is C27H26ClF5N2O4. The van der Waals surface area contributed by atoms with E-state index < -0.39 is 41.5 Å². The molecule has 210 valence electrons. The van der Waals surface area contributed by atoms with Gasteiger partial charge in [0.15, 0.2) is 5.76 Å². The molecule has 12 heteroatoms. The summed E-state index contributed by atoms with van der Waals surface area (Å²) in [6.07, 6.45) is -2.32. The second-order valence-corrected chi connectivity index (χ2v) is 10.4. The molecule has 1 aliphatic heterocycles. The van der Waals surface area contributed by atoms with Crippen LogP contribution in [-0.2, 0) is 16.9 Å². The maximum Gasteiger partial charge on any atom is 0.416 e. The van der Waals surface area contributed by atoms with E-state index in [2.05, 4.69) is 5.32 Å². The third-order valence-electron chi connectivity index (χ3n) is 6.90. The van der Waals surface area contributed by atoms with Crippen molar-refractivity contribution >= 4 is 28.5 Å². The van der Waals surface area contributed by atoms with Crippen LogP contribution in [0.1, 0.15) is 48.7 Å². The molecule has 2 N–H and O–H groups in total. The highest BCUT2D eigenvalue weighted by atomic mass is 35.5. The summed E-state index contributed by atoms with van der Waals surface area (Å²) in [5, 5.41) is 13.4. The normalized spacial score (nSPS) is 18.3. The topological polar surface area (TPSA) is 74.9 Å². The van der Waals surface area contributed by atoms with Crippen LogP contribution < -0.4 is 10.1 Å². The van der Waals surface area contributed by atoms with Gasteiger partial charge in [-0.15, -0.1) is 0 Å². The zero-order chi connectivity index (χ0) is 27.9. The maximum atomic E-state index is 15.2. The third kappa shape index (κ3) is 6.15.